The molecular weight excluding hydrogens is 198 g/mol. The van der Waals surface area contributed by atoms with Crippen LogP contribution in [0.1, 0.15) is 41.0 Å². The van der Waals surface area contributed by atoms with Gasteiger partial charge in [0.2, 0.25) is 0 Å². The van der Waals surface area contributed by atoms with E-state index in [1.807, 2.05) is 0 Å². The summed E-state index contributed by atoms with van der Waals surface area (Å²) in [5, 5.41) is 11.8. The Kier molecular flexibility index (Phi) is 4.40. The summed E-state index contributed by atoms with van der Waals surface area (Å²) in [6, 6.07) is 0. The average molecular weight is 217 g/mol. The van der Waals surface area contributed by atoms with Crippen molar-refractivity contribution < 1.29 is 14.6 Å². The van der Waals surface area contributed by atoms with Gasteiger partial charge in [0.05, 0.1) is 5.60 Å². The highest BCUT2D eigenvalue weighted by Gasteiger charge is 2.49. The van der Waals surface area contributed by atoms with Gasteiger partial charge < -0.3 is 9.84 Å². The fraction of sp³-hybridized carbons (Fsp3) is 0.900. The molecule has 2 atom stereocenters. The van der Waals surface area contributed by atoms with E-state index in [0.717, 1.165) is 0 Å². The molecule has 0 rings (SSSR count). The Morgan fingerprint density at radius 3 is 2.13 bits per heavy atom. The third-order valence-corrected chi connectivity index (χ3v) is 2.18. The Labute approximate surface area is 89.8 Å². The second kappa shape index (κ2) is 4.70. The molecule has 0 aromatic heterocycles. The molecule has 0 heterocycles. The maximum absolute atomic E-state index is 11.1. The highest BCUT2D eigenvalue weighted by atomic mass is 16.6. The van der Waals surface area contributed by atoms with Crippen molar-refractivity contribution in [3.05, 3.63) is 4.91 Å². The molecule has 0 aliphatic rings. The van der Waals surface area contributed by atoms with Gasteiger partial charge in [0.1, 0.15) is 0 Å². The van der Waals surface area contributed by atoms with Gasteiger partial charge in [-0.15, -0.1) is 4.91 Å². The van der Waals surface area contributed by atoms with Crippen molar-refractivity contribution in [2.24, 2.45) is 11.1 Å². The van der Waals surface area contributed by atoms with E-state index < -0.39 is 23.2 Å². The van der Waals surface area contributed by atoms with Gasteiger partial charge in [0, 0.05) is 5.92 Å². The first-order valence-electron chi connectivity index (χ1n) is 4.97. The molecule has 2 unspecified atom stereocenters. The number of hydrogen-bond donors (Lipinski definition) is 1. The molecule has 15 heavy (non-hydrogen) atoms. The van der Waals surface area contributed by atoms with Crippen molar-refractivity contribution >= 4 is 5.97 Å². The van der Waals surface area contributed by atoms with E-state index in [9.17, 15) is 9.70 Å². The maximum atomic E-state index is 11.1. The van der Waals surface area contributed by atoms with Crippen LogP contribution in [0.4, 0.5) is 0 Å². The number of rotatable bonds is 5. The van der Waals surface area contributed by atoms with Gasteiger partial charge in [0.25, 0.3) is 0 Å². The minimum Gasteiger partial charge on any atom is -0.478 e. The van der Waals surface area contributed by atoms with E-state index in [1.54, 1.807) is 34.6 Å². The predicted octanol–water partition coefficient (Wildman–Crippen LogP) is 2.39. The molecule has 0 aliphatic heterocycles. The zero-order valence-electron chi connectivity index (χ0n) is 9.90. The topological polar surface area (TPSA) is 76.0 Å². The quantitative estimate of drug-likeness (QED) is 0.717. The SMILES string of the molecule is CCC(C)C(N=O)(OC(C)(C)C)C(=O)O. The zero-order chi connectivity index (χ0) is 12.3. The summed E-state index contributed by atoms with van der Waals surface area (Å²) in [6.45, 7) is 8.51. The zero-order valence-corrected chi connectivity index (χ0v) is 9.90. The van der Waals surface area contributed by atoms with Crippen LogP contribution in [0.2, 0.25) is 0 Å². The maximum Gasteiger partial charge on any atom is 0.363 e. The van der Waals surface area contributed by atoms with Crippen LogP contribution in [0.3, 0.4) is 0 Å². The van der Waals surface area contributed by atoms with Crippen molar-refractivity contribution in [3.63, 3.8) is 0 Å². The third-order valence-electron chi connectivity index (χ3n) is 2.18. The van der Waals surface area contributed by atoms with Crippen LogP contribution in [-0.4, -0.2) is 22.4 Å². The summed E-state index contributed by atoms with van der Waals surface area (Å²) in [4.78, 5) is 21.9. The first kappa shape index (κ1) is 14.0. The van der Waals surface area contributed by atoms with Crippen LogP contribution in [-0.2, 0) is 9.53 Å². The van der Waals surface area contributed by atoms with Crippen LogP contribution in [0.15, 0.2) is 5.18 Å². The summed E-state index contributed by atoms with van der Waals surface area (Å²) in [7, 11) is 0. The molecule has 0 aromatic rings. The first-order valence-corrected chi connectivity index (χ1v) is 4.97. The van der Waals surface area contributed by atoms with E-state index >= 15 is 0 Å². The molecule has 0 aliphatic carbocycles. The number of nitroso groups, excluding NO2 is 1. The Morgan fingerprint density at radius 1 is 1.47 bits per heavy atom. The van der Waals surface area contributed by atoms with E-state index in [2.05, 4.69) is 5.18 Å². The smallest absolute Gasteiger partial charge is 0.363 e. The van der Waals surface area contributed by atoms with Gasteiger partial charge in [-0.1, -0.05) is 13.8 Å². The molecule has 0 aromatic carbocycles. The second-order valence-corrected chi connectivity index (χ2v) is 4.62. The number of carbonyl (C=O) groups is 1. The Balaban J connectivity index is 5.17. The van der Waals surface area contributed by atoms with Gasteiger partial charge in [-0.25, -0.2) is 4.79 Å². The van der Waals surface area contributed by atoms with Crippen molar-refractivity contribution in [2.45, 2.75) is 52.4 Å². The van der Waals surface area contributed by atoms with Gasteiger partial charge in [-0.05, 0) is 32.4 Å². The molecule has 0 fully saturated rings. The van der Waals surface area contributed by atoms with Crippen molar-refractivity contribution in [2.75, 3.05) is 0 Å². The van der Waals surface area contributed by atoms with Crippen LogP contribution in [0, 0.1) is 10.8 Å². The molecule has 0 amide bonds. The van der Waals surface area contributed by atoms with Crippen molar-refractivity contribution in [3.8, 4) is 0 Å². The average Bonchev–Trinajstić information content (AvgIpc) is 2.10. The fourth-order valence-corrected chi connectivity index (χ4v) is 1.25. The lowest BCUT2D eigenvalue weighted by atomic mass is 9.94. The van der Waals surface area contributed by atoms with Crippen molar-refractivity contribution in [1.82, 2.24) is 0 Å². The minimum atomic E-state index is -1.98. The number of hydrogen-bond acceptors (Lipinski definition) is 4. The van der Waals surface area contributed by atoms with Gasteiger partial charge >= 0.3 is 11.7 Å². The number of ether oxygens (including phenoxy) is 1. The standard InChI is InChI=1S/C10H19NO4/c1-6-7(2)10(11-14,8(12)13)15-9(3,4)5/h7H,6H2,1-5H3,(H,12,13). The van der Waals surface area contributed by atoms with Gasteiger partial charge in [-0.3, -0.25) is 0 Å². The first-order chi connectivity index (χ1) is 6.69. The molecule has 0 spiro atoms. The van der Waals surface area contributed by atoms with E-state index in [4.69, 9.17) is 9.84 Å². The van der Waals surface area contributed by atoms with Crippen LogP contribution in [0.5, 0.6) is 0 Å². The van der Waals surface area contributed by atoms with Crippen LogP contribution in [0.25, 0.3) is 0 Å². The van der Waals surface area contributed by atoms with Gasteiger partial charge in [-0.2, -0.15) is 0 Å². The Hall–Kier alpha value is -0.970. The normalized spacial score (nSPS) is 17.9. The number of aliphatic carboxylic acids is 1. The molecule has 88 valence electrons. The van der Waals surface area contributed by atoms with Gasteiger partial charge in [0.15, 0.2) is 0 Å². The van der Waals surface area contributed by atoms with Crippen LogP contribution < -0.4 is 0 Å². The summed E-state index contributed by atoms with van der Waals surface area (Å²) >= 11 is 0. The molecule has 5 heteroatoms. The minimum absolute atomic E-state index is 0.466. The molecule has 5 nitrogen and oxygen atoms in total. The predicted molar refractivity (Wildman–Crippen MR) is 56.5 cm³/mol. The van der Waals surface area contributed by atoms with Crippen LogP contribution >= 0.6 is 0 Å². The molecule has 1 N–H and O–H groups in total. The Morgan fingerprint density at radius 2 is 1.93 bits per heavy atom. The number of carboxylic acid groups (broad SMARTS) is 1. The van der Waals surface area contributed by atoms with Crippen molar-refractivity contribution in [1.29, 1.82) is 0 Å². The number of carboxylic acids is 1. The lowest BCUT2D eigenvalue weighted by Gasteiger charge is -2.34. The summed E-state index contributed by atoms with van der Waals surface area (Å²) in [6.07, 6.45) is 0.508. The second-order valence-electron chi connectivity index (χ2n) is 4.62. The molecule has 0 saturated carbocycles. The third kappa shape index (κ3) is 3.27. The lowest BCUT2D eigenvalue weighted by molar-refractivity contribution is -0.194. The Bertz CT molecular complexity index is 246. The van der Waals surface area contributed by atoms with E-state index in [1.165, 1.54) is 0 Å². The van der Waals surface area contributed by atoms with E-state index in [0.29, 0.717) is 6.42 Å². The fourth-order valence-electron chi connectivity index (χ4n) is 1.25. The monoisotopic (exact) mass is 217 g/mol. The molecule has 0 saturated heterocycles. The summed E-state index contributed by atoms with van der Waals surface area (Å²) < 4.78 is 5.31. The summed E-state index contributed by atoms with van der Waals surface area (Å²) in [5.74, 6) is -1.80. The highest BCUT2D eigenvalue weighted by Crippen LogP contribution is 2.31. The molecule has 0 bridgehead atoms. The van der Waals surface area contributed by atoms with E-state index in [-0.39, 0.29) is 0 Å². The largest absolute Gasteiger partial charge is 0.478 e. The summed E-state index contributed by atoms with van der Waals surface area (Å²) in [5.41, 5.74) is -2.71. The number of nitrogens with zero attached hydrogens (tertiary/aromatic N) is 1. The highest BCUT2D eigenvalue weighted by molar-refractivity contribution is 5.77. The molecular formula is C10H19NO4. The molecule has 0 radical (unpaired) electrons. The lowest BCUT2D eigenvalue weighted by Crippen LogP contribution is -2.49.